The van der Waals surface area contributed by atoms with Gasteiger partial charge in [0, 0.05) is 11.8 Å². The minimum Gasteiger partial charge on any atom is -0.459 e. The van der Waals surface area contributed by atoms with Gasteiger partial charge in [0.15, 0.2) is 0 Å². The lowest BCUT2D eigenvalue weighted by Crippen LogP contribution is -2.20. The Balaban J connectivity index is 1.76. The maximum absolute atomic E-state index is 12.7. The standard InChI is InChI=1S/C23H26N2O3S/c1-3-4-9-17(2)27-23(18-10-6-5-7-11-18)28-20-13-15-29-21(20)22(26)25-19-12-8-14-24-16-19/h5-8,10-17,23H,3-4,9H2,1-2H3,(H,25,26). The van der Waals surface area contributed by atoms with Gasteiger partial charge >= 0.3 is 0 Å². The smallest absolute Gasteiger partial charge is 0.269 e. The molecule has 0 aliphatic heterocycles. The first-order valence-corrected chi connectivity index (χ1v) is 10.7. The van der Waals surface area contributed by atoms with Crippen LogP contribution in [0.1, 0.15) is 54.6 Å². The maximum atomic E-state index is 12.7. The minimum absolute atomic E-state index is 0.0476. The van der Waals surface area contributed by atoms with Gasteiger partial charge in [-0.1, -0.05) is 50.1 Å². The lowest BCUT2D eigenvalue weighted by molar-refractivity contribution is -0.119. The van der Waals surface area contributed by atoms with E-state index in [9.17, 15) is 4.79 Å². The van der Waals surface area contributed by atoms with Crippen molar-refractivity contribution in [3.63, 3.8) is 0 Å². The Bertz CT molecular complexity index is 883. The first-order valence-electron chi connectivity index (χ1n) is 9.83. The number of carbonyl (C=O) groups is 1. The zero-order valence-corrected chi connectivity index (χ0v) is 17.5. The first kappa shape index (κ1) is 21.0. The Morgan fingerprint density at radius 3 is 2.72 bits per heavy atom. The third-order valence-corrected chi connectivity index (χ3v) is 5.28. The number of aromatic nitrogens is 1. The molecule has 1 amide bonds. The molecule has 3 rings (SSSR count). The highest BCUT2D eigenvalue weighted by atomic mass is 32.1. The molecule has 1 N–H and O–H groups in total. The molecule has 0 fully saturated rings. The number of amides is 1. The Morgan fingerprint density at radius 2 is 2.00 bits per heavy atom. The van der Waals surface area contributed by atoms with Crippen LogP contribution in [0.15, 0.2) is 66.3 Å². The molecule has 0 saturated carbocycles. The second-order valence-electron chi connectivity index (χ2n) is 6.76. The lowest BCUT2D eigenvalue weighted by atomic mass is 10.1. The maximum Gasteiger partial charge on any atom is 0.269 e. The highest BCUT2D eigenvalue weighted by molar-refractivity contribution is 7.12. The molecule has 0 radical (unpaired) electrons. The van der Waals surface area contributed by atoms with Gasteiger partial charge in [-0.25, -0.2) is 0 Å². The van der Waals surface area contributed by atoms with Crippen molar-refractivity contribution >= 4 is 22.9 Å². The number of benzene rings is 1. The van der Waals surface area contributed by atoms with Crippen LogP contribution >= 0.6 is 11.3 Å². The van der Waals surface area contributed by atoms with Gasteiger partial charge in [-0.2, -0.15) is 0 Å². The van der Waals surface area contributed by atoms with Crippen LogP contribution in [0.4, 0.5) is 5.69 Å². The van der Waals surface area contributed by atoms with Crippen LogP contribution < -0.4 is 10.1 Å². The average molecular weight is 411 g/mol. The van der Waals surface area contributed by atoms with E-state index >= 15 is 0 Å². The topological polar surface area (TPSA) is 60.5 Å². The fourth-order valence-corrected chi connectivity index (χ4v) is 3.57. The molecule has 2 unspecified atom stereocenters. The molecule has 2 atom stereocenters. The van der Waals surface area contributed by atoms with E-state index in [-0.39, 0.29) is 12.0 Å². The van der Waals surface area contributed by atoms with Crippen molar-refractivity contribution in [3.05, 3.63) is 76.7 Å². The molecule has 1 aromatic carbocycles. The summed E-state index contributed by atoms with van der Waals surface area (Å²) < 4.78 is 12.4. The number of pyridine rings is 1. The fourth-order valence-electron chi connectivity index (χ4n) is 2.85. The molecule has 0 aliphatic carbocycles. The Kier molecular flexibility index (Phi) is 7.78. The van der Waals surface area contributed by atoms with E-state index in [0.717, 1.165) is 24.8 Å². The predicted molar refractivity (Wildman–Crippen MR) is 116 cm³/mol. The summed E-state index contributed by atoms with van der Waals surface area (Å²) in [6.45, 7) is 4.22. The average Bonchev–Trinajstić information content (AvgIpc) is 3.21. The van der Waals surface area contributed by atoms with Crippen molar-refractivity contribution < 1.29 is 14.3 Å². The molecule has 0 aliphatic rings. The Labute approximate surface area is 175 Å². The van der Waals surface area contributed by atoms with Gasteiger partial charge in [0.1, 0.15) is 10.6 Å². The van der Waals surface area contributed by atoms with E-state index in [2.05, 4.69) is 24.1 Å². The van der Waals surface area contributed by atoms with Crippen LogP contribution in [0.3, 0.4) is 0 Å². The summed E-state index contributed by atoms with van der Waals surface area (Å²) in [5.41, 5.74) is 1.56. The van der Waals surface area contributed by atoms with Gasteiger partial charge in [0.25, 0.3) is 5.91 Å². The number of ether oxygens (including phenoxy) is 2. The van der Waals surface area contributed by atoms with Crippen molar-refractivity contribution in [2.45, 2.75) is 45.5 Å². The number of hydrogen-bond donors (Lipinski definition) is 1. The van der Waals surface area contributed by atoms with Gasteiger partial charge in [0.2, 0.25) is 6.29 Å². The first-order chi connectivity index (χ1) is 14.2. The molecular formula is C23H26N2O3S. The molecule has 0 saturated heterocycles. The highest BCUT2D eigenvalue weighted by Gasteiger charge is 2.22. The number of carbonyl (C=O) groups excluding carboxylic acids is 1. The van der Waals surface area contributed by atoms with E-state index in [0.29, 0.717) is 16.3 Å². The summed E-state index contributed by atoms with van der Waals surface area (Å²) in [5.74, 6) is 0.279. The number of nitrogens with one attached hydrogen (secondary N) is 1. The van der Waals surface area contributed by atoms with Gasteiger partial charge in [-0.05, 0) is 36.9 Å². The van der Waals surface area contributed by atoms with Gasteiger partial charge in [-0.3, -0.25) is 9.78 Å². The summed E-state index contributed by atoms with van der Waals surface area (Å²) in [6.07, 6.45) is 5.91. The summed E-state index contributed by atoms with van der Waals surface area (Å²) in [5, 5.41) is 4.70. The fraction of sp³-hybridized carbons (Fsp3) is 0.304. The Morgan fingerprint density at radius 1 is 1.17 bits per heavy atom. The number of anilines is 1. The second-order valence-corrected chi connectivity index (χ2v) is 7.68. The van der Waals surface area contributed by atoms with Crippen LogP contribution in [-0.2, 0) is 4.74 Å². The molecule has 2 heterocycles. The predicted octanol–water partition coefficient (Wildman–Crippen LogP) is 6.07. The molecule has 152 valence electrons. The van der Waals surface area contributed by atoms with Crippen LogP contribution in [-0.4, -0.2) is 17.0 Å². The van der Waals surface area contributed by atoms with Crippen LogP contribution in [0.5, 0.6) is 5.75 Å². The van der Waals surface area contributed by atoms with Crippen molar-refractivity contribution in [2.75, 3.05) is 5.32 Å². The lowest BCUT2D eigenvalue weighted by Gasteiger charge is -2.24. The van der Waals surface area contributed by atoms with Crippen molar-refractivity contribution in [3.8, 4) is 5.75 Å². The summed E-state index contributed by atoms with van der Waals surface area (Å²) in [6, 6.07) is 15.2. The normalized spacial score (nSPS) is 12.9. The summed E-state index contributed by atoms with van der Waals surface area (Å²) >= 11 is 1.33. The zero-order chi connectivity index (χ0) is 20.5. The van der Waals surface area contributed by atoms with E-state index in [1.54, 1.807) is 30.6 Å². The second kappa shape index (κ2) is 10.7. The van der Waals surface area contributed by atoms with E-state index < -0.39 is 6.29 Å². The number of unbranched alkanes of at least 4 members (excludes halogenated alkanes) is 1. The highest BCUT2D eigenvalue weighted by Crippen LogP contribution is 2.32. The molecule has 29 heavy (non-hydrogen) atoms. The third kappa shape index (κ3) is 6.14. The van der Waals surface area contributed by atoms with Crippen molar-refractivity contribution in [2.24, 2.45) is 0 Å². The SMILES string of the molecule is CCCCC(C)OC(Oc1ccsc1C(=O)Nc1cccnc1)c1ccccc1. The Hall–Kier alpha value is -2.70. The van der Waals surface area contributed by atoms with Crippen LogP contribution in [0, 0.1) is 0 Å². The molecule has 0 bridgehead atoms. The molecule has 3 aromatic rings. The monoisotopic (exact) mass is 410 g/mol. The molecule has 0 spiro atoms. The quantitative estimate of drug-likeness (QED) is 0.412. The van der Waals surface area contributed by atoms with Gasteiger partial charge in [-0.15, -0.1) is 11.3 Å². The van der Waals surface area contributed by atoms with Gasteiger partial charge < -0.3 is 14.8 Å². The molecular weight excluding hydrogens is 384 g/mol. The van der Waals surface area contributed by atoms with Crippen LogP contribution in [0.2, 0.25) is 0 Å². The summed E-state index contributed by atoms with van der Waals surface area (Å²) in [4.78, 5) is 17.3. The zero-order valence-electron chi connectivity index (χ0n) is 16.7. The van der Waals surface area contributed by atoms with Crippen molar-refractivity contribution in [1.82, 2.24) is 4.98 Å². The van der Waals surface area contributed by atoms with Crippen molar-refractivity contribution in [1.29, 1.82) is 0 Å². The molecule has 2 aromatic heterocycles. The number of nitrogens with zero attached hydrogens (tertiary/aromatic N) is 1. The molecule has 6 heteroatoms. The number of rotatable bonds is 10. The van der Waals surface area contributed by atoms with E-state index in [1.165, 1.54) is 11.3 Å². The van der Waals surface area contributed by atoms with Gasteiger partial charge in [0.05, 0.1) is 18.0 Å². The largest absolute Gasteiger partial charge is 0.459 e. The third-order valence-electron chi connectivity index (χ3n) is 4.38. The number of hydrogen-bond acceptors (Lipinski definition) is 5. The summed E-state index contributed by atoms with van der Waals surface area (Å²) in [7, 11) is 0. The molecule has 5 nitrogen and oxygen atoms in total. The minimum atomic E-state index is -0.581. The van der Waals surface area contributed by atoms with E-state index in [4.69, 9.17) is 9.47 Å². The number of thiophene rings is 1. The van der Waals surface area contributed by atoms with Crippen LogP contribution in [0.25, 0.3) is 0 Å². The van der Waals surface area contributed by atoms with E-state index in [1.807, 2.05) is 35.7 Å².